The quantitative estimate of drug-likeness (QED) is 0.815. The molecule has 2 heterocycles. The number of carbonyl (C=O) groups excluding carboxylic acids is 1. The van der Waals surface area contributed by atoms with E-state index in [1.807, 2.05) is 16.3 Å². The third kappa shape index (κ3) is 4.92. The Morgan fingerprint density at radius 1 is 1.15 bits per heavy atom. The number of thiazole rings is 1. The van der Waals surface area contributed by atoms with Crippen molar-refractivity contribution in [2.75, 3.05) is 19.6 Å². The van der Waals surface area contributed by atoms with Gasteiger partial charge in [0.2, 0.25) is 5.91 Å². The van der Waals surface area contributed by atoms with Crippen LogP contribution in [0, 0.1) is 5.92 Å². The number of amides is 1. The fraction of sp³-hybridized carbons (Fsp3) is 0.524. The summed E-state index contributed by atoms with van der Waals surface area (Å²) < 4.78 is 0. The van der Waals surface area contributed by atoms with Crippen LogP contribution < -0.4 is 5.32 Å². The van der Waals surface area contributed by atoms with Crippen molar-refractivity contribution in [2.24, 2.45) is 5.92 Å². The molecule has 1 aliphatic heterocycles. The zero-order valence-corrected chi connectivity index (χ0v) is 16.0. The van der Waals surface area contributed by atoms with E-state index in [0.29, 0.717) is 12.5 Å². The van der Waals surface area contributed by atoms with Crippen LogP contribution in [0.1, 0.15) is 41.9 Å². The lowest BCUT2D eigenvalue weighted by atomic mass is 10.0. The summed E-state index contributed by atoms with van der Waals surface area (Å²) in [6.07, 6.45) is 6.22. The fourth-order valence-electron chi connectivity index (χ4n) is 3.54. The molecule has 1 saturated carbocycles. The van der Waals surface area contributed by atoms with E-state index in [0.717, 1.165) is 49.0 Å². The molecule has 1 aromatic heterocycles. The molecule has 138 valence electrons. The highest BCUT2D eigenvalue weighted by Crippen LogP contribution is 2.28. The van der Waals surface area contributed by atoms with Crippen molar-refractivity contribution in [2.45, 2.75) is 44.6 Å². The monoisotopic (exact) mass is 369 g/mol. The summed E-state index contributed by atoms with van der Waals surface area (Å²) in [5.74, 6) is 1.15. The van der Waals surface area contributed by atoms with Gasteiger partial charge < -0.3 is 10.2 Å². The average molecular weight is 370 g/mol. The van der Waals surface area contributed by atoms with Gasteiger partial charge in [-0.1, -0.05) is 30.3 Å². The molecule has 1 amide bonds. The molecular weight excluding hydrogens is 342 g/mol. The maximum atomic E-state index is 12.6. The molecule has 5 heteroatoms. The fourth-order valence-corrected chi connectivity index (χ4v) is 4.36. The molecule has 2 aromatic rings. The highest BCUT2D eigenvalue weighted by molar-refractivity contribution is 7.09. The van der Waals surface area contributed by atoms with E-state index in [1.165, 1.54) is 24.9 Å². The van der Waals surface area contributed by atoms with Crippen LogP contribution in [0.3, 0.4) is 0 Å². The summed E-state index contributed by atoms with van der Waals surface area (Å²) in [4.78, 5) is 19.3. The maximum absolute atomic E-state index is 12.6. The minimum absolute atomic E-state index is 0.224. The van der Waals surface area contributed by atoms with E-state index < -0.39 is 0 Å². The summed E-state index contributed by atoms with van der Waals surface area (Å²) in [6, 6.07) is 11.0. The number of rotatable bonds is 7. The zero-order valence-electron chi connectivity index (χ0n) is 15.2. The van der Waals surface area contributed by atoms with Crippen LogP contribution in [0.15, 0.2) is 35.7 Å². The lowest BCUT2D eigenvalue weighted by Gasteiger charge is -2.32. The van der Waals surface area contributed by atoms with Gasteiger partial charge in [0.15, 0.2) is 0 Å². The molecule has 0 bridgehead atoms. The Morgan fingerprint density at radius 3 is 2.65 bits per heavy atom. The standard InChI is InChI=1S/C21H27N3OS/c25-21(24-10-8-18(9-11-24)22-14-17-6-7-17)13-19-15-26-20(23-19)12-16-4-2-1-3-5-16/h1-5,15,17-18,22H,6-14H2. The first-order chi connectivity index (χ1) is 12.8. The van der Waals surface area contributed by atoms with E-state index in [2.05, 4.69) is 34.6 Å². The lowest BCUT2D eigenvalue weighted by Crippen LogP contribution is -2.45. The molecule has 1 aliphatic carbocycles. The number of nitrogens with one attached hydrogen (secondary N) is 1. The van der Waals surface area contributed by atoms with E-state index in [9.17, 15) is 4.79 Å². The van der Waals surface area contributed by atoms with Crippen LogP contribution >= 0.6 is 11.3 Å². The van der Waals surface area contributed by atoms with Gasteiger partial charge in [-0.05, 0) is 43.7 Å². The topological polar surface area (TPSA) is 45.2 Å². The third-order valence-electron chi connectivity index (χ3n) is 5.37. The van der Waals surface area contributed by atoms with Gasteiger partial charge >= 0.3 is 0 Å². The number of benzene rings is 1. The second-order valence-electron chi connectivity index (χ2n) is 7.58. The van der Waals surface area contributed by atoms with Crippen molar-refractivity contribution in [1.82, 2.24) is 15.2 Å². The van der Waals surface area contributed by atoms with Crippen LogP contribution in [0.4, 0.5) is 0 Å². The van der Waals surface area contributed by atoms with Gasteiger partial charge in [-0.3, -0.25) is 4.79 Å². The Bertz CT molecular complexity index is 718. The molecule has 1 aromatic carbocycles. The van der Waals surface area contributed by atoms with Crippen molar-refractivity contribution in [3.8, 4) is 0 Å². The van der Waals surface area contributed by atoms with E-state index in [4.69, 9.17) is 0 Å². The predicted octanol–water partition coefficient (Wildman–Crippen LogP) is 3.27. The van der Waals surface area contributed by atoms with Crippen LogP contribution in [-0.4, -0.2) is 41.5 Å². The van der Waals surface area contributed by atoms with E-state index in [1.54, 1.807) is 11.3 Å². The Kier molecular flexibility index (Phi) is 5.65. The molecule has 0 unspecified atom stereocenters. The first kappa shape index (κ1) is 17.7. The number of hydrogen-bond acceptors (Lipinski definition) is 4. The van der Waals surface area contributed by atoms with Crippen molar-refractivity contribution >= 4 is 17.2 Å². The van der Waals surface area contributed by atoms with Gasteiger partial charge in [-0.25, -0.2) is 4.98 Å². The summed E-state index contributed by atoms with van der Waals surface area (Å²) in [6.45, 7) is 2.92. The Labute approximate surface area is 159 Å². The van der Waals surface area contributed by atoms with Gasteiger partial charge in [0.25, 0.3) is 0 Å². The van der Waals surface area contributed by atoms with Crippen LogP contribution in [0.2, 0.25) is 0 Å². The molecule has 1 saturated heterocycles. The number of carbonyl (C=O) groups is 1. The number of likely N-dealkylation sites (tertiary alicyclic amines) is 1. The normalized spacial score (nSPS) is 18.2. The van der Waals surface area contributed by atoms with Crippen LogP contribution in [0.5, 0.6) is 0 Å². The molecule has 26 heavy (non-hydrogen) atoms. The molecule has 2 fully saturated rings. The van der Waals surface area contributed by atoms with Crippen molar-refractivity contribution in [3.05, 3.63) is 52.0 Å². The minimum Gasteiger partial charge on any atom is -0.342 e. The second kappa shape index (κ2) is 8.31. The number of aromatic nitrogens is 1. The van der Waals surface area contributed by atoms with Crippen LogP contribution in [0.25, 0.3) is 0 Å². The number of piperidine rings is 1. The Balaban J connectivity index is 1.23. The van der Waals surface area contributed by atoms with E-state index in [-0.39, 0.29) is 5.91 Å². The molecule has 2 aliphatic rings. The van der Waals surface area contributed by atoms with Crippen molar-refractivity contribution in [1.29, 1.82) is 0 Å². The van der Waals surface area contributed by atoms with Crippen LogP contribution in [-0.2, 0) is 17.6 Å². The van der Waals surface area contributed by atoms with Gasteiger partial charge in [-0.2, -0.15) is 0 Å². The lowest BCUT2D eigenvalue weighted by molar-refractivity contribution is -0.131. The second-order valence-corrected chi connectivity index (χ2v) is 8.52. The Morgan fingerprint density at radius 2 is 1.92 bits per heavy atom. The van der Waals surface area contributed by atoms with Gasteiger partial charge in [0, 0.05) is 30.9 Å². The minimum atomic E-state index is 0.224. The van der Waals surface area contributed by atoms with Gasteiger partial charge in [-0.15, -0.1) is 11.3 Å². The van der Waals surface area contributed by atoms with E-state index >= 15 is 0 Å². The number of nitrogens with zero attached hydrogens (tertiary/aromatic N) is 2. The zero-order chi connectivity index (χ0) is 17.8. The van der Waals surface area contributed by atoms with Gasteiger partial charge in [0.1, 0.15) is 0 Å². The van der Waals surface area contributed by atoms with Crippen molar-refractivity contribution < 1.29 is 4.79 Å². The summed E-state index contributed by atoms with van der Waals surface area (Å²) in [7, 11) is 0. The summed E-state index contributed by atoms with van der Waals surface area (Å²) in [5, 5.41) is 6.80. The smallest absolute Gasteiger partial charge is 0.228 e. The van der Waals surface area contributed by atoms with Crippen molar-refractivity contribution in [3.63, 3.8) is 0 Å². The van der Waals surface area contributed by atoms with Gasteiger partial charge in [0.05, 0.1) is 17.1 Å². The summed E-state index contributed by atoms with van der Waals surface area (Å²) >= 11 is 1.66. The largest absolute Gasteiger partial charge is 0.342 e. The molecule has 0 spiro atoms. The molecular formula is C21H27N3OS. The summed E-state index contributed by atoms with van der Waals surface area (Å²) in [5.41, 5.74) is 2.18. The molecule has 0 atom stereocenters. The average Bonchev–Trinajstić information content (AvgIpc) is 3.41. The number of hydrogen-bond donors (Lipinski definition) is 1. The maximum Gasteiger partial charge on any atom is 0.228 e. The Hall–Kier alpha value is -1.72. The first-order valence-corrected chi connectivity index (χ1v) is 10.6. The predicted molar refractivity (Wildman–Crippen MR) is 105 cm³/mol. The molecule has 0 radical (unpaired) electrons. The first-order valence-electron chi connectivity index (χ1n) is 9.74. The molecule has 4 nitrogen and oxygen atoms in total. The highest BCUT2D eigenvalue weighted by atomic mass is 32.1. The third-order valence-corrected chi connectivity index (χ3v) is 6.27. The molecule has 1 N–H and O–H groups in total. The SMILES string of the molecule is O=C(Cc1csc(Cc2ccccc2)n1)N1CCC(NCC2CC2)CC1. The molecule has 4 rings (SSSR count). The highest BCUT2D eigenvalue weighted by Gasteiger charge is 2.26.